The second-order valence-corrected chi connectivity index (χ2v) is 14.2. The number of nitrogens with zero attached hydrogens (tertiary/aromatic N) is 2. The van der Waals surface area contributed by atoms with Crippen molar-refractivity contribution in [1.82, 2.24) is 8.46 Å². The summed E-state index contributed by atoms with van der Waals surface area (Å²) >= 11 is 13.7. The molecule has 0 aromatic heterocycles. The van der Waals surface area contributed by atoms with Gasteiger partial charge in [0.25, 0.3) is 16.1 Å². The molecule has 0 saturated carbocycles. The van der Waals surface area contributed by atoms with Gasteiger partial charge in [-0.05, 0) is 32.0 Å². The Balaban J connectivity index is 2.60. The van der Waals surface area contributed by atoms with Crippen molar-refractivity contribution in [3.05, 3.63) is 0 Å². The van der Waals surface area contributed by atoms with Crippen LogP contribution in [0.4, 0.5) is 0 Å². The third kappa shape index (κ3) is 3.73. The van der Waals surface area contributed by atoms with Crippen LogP contribution in [-0.4, -0.2) is 37.7 Å². The Morgan fingerprint density at radius 2 is 1.33 bits per heavy atom. The lowest BCUT2D eigenvalue weighted by molar-refractivity contribution is 0.411. The molecule has 0 aromatic carbocycles. The molecule has 6 heteroatoms. The van der Waals surface area contributed by atoms with E-state index >= 15 is 0 Å². The minimum absolute atomic E-state index is 1.14. The van der Waals surface area contributed by atoms with Gasteiger partial charge in [0.05, 0.1) is 0 Å². The lowest BCUT2D eigenvalue weighted by Crippen LogP contribution is -2.82. The second-order valence-electron chi connectivity index (χ2n) is 5.23. The van der Waals surface area contributed by atoms with Crippen molar-refractivity contribution >= 4 is 38.3 Å². The molecule has 0 amide bonds. The highest BCUT2D eigenvalue weighted by Gasteiger charge is 2.59. The maximum atomic E-state index is 7.03. The van der Waals surface area contributed by atoms with Gasteiger partial charge < -0.3 is 8.46 Å². The molecule has 1 aliphatic heterocycles. The molecule has 0 aliphatic carbocycles. The van der Waals surface area contributed by atoms with Crippen molar-refractivity contribution in [1.29, 1.82) is 0 Å². The molecule has 0 N–H and O–H groups in total. The fourth-order valence-corrected chi connectivity index (χ4v) is 17.6. The summed E-state index contributed by atoms with van der Waals surface area (Å²) in [4.78, 5) is 0. The molecule has 0 bridgehead atoms. The third-order valence-electron chi connectivity index (χ3n) is 3.75. The van der Waals surface area contributed by atoms with E-state index in [1.807, 2.05) is 0 Å². The Morgan fingerprint density at radius 1 is 0.889 bits per heavy atom. The first-order chi connectivity index (χ1) is 8.61. The predicted octanol–water partition coefficient (Wildman–Crippen LogP) is 4.14. The summed E-state index contributed by atoms with van der Waals surface area (Å²) < 4.78 is 5.09. The molecule has 0 radical (unpaired) electrons. The molecule has 1 heterocycles. The van der Waals surface area contributed by atoms with E-state index in [2.05, 4.69) is 29.2 Å². The highest BCUT2D eigenvalue weighted by molar-refractivity contribution is 7.33. The Morgan fingerprint density at radius 3 is 1.72 bits per heavy atom. The maximum absolute atomic E-state index is 7.03. The van der Waals surface area contributed by atoms with Gasteiger partial charge in [-0.15, -0.1) is 22.2 Å². The Hall–Kier alpha value is 0.934. The summed E-state index contributed by atoms with van der Waals surface area (Å²) in [5.74, 6) is 0. The minimum atomic E-state index is -1.85. The maximum Gasteiger partial charge on any atom is 0.297 e. The zero-order chi connectivity index (χ0) is 13.6. The van der Waals surface area contributed by atoms with E-state index in [9.17, 15) is 0 Å². The van der Waals surface area contributed by atoms with Crippen LogP contribution in [0.5, 0.6) is 0 Å². The van der Waals surface area contributed by atoms with Gasteiger partial charge in [-0.1, -0.05) is 46.5 Å². The topological polar surface area (TPSA) is 6.48 Å². The smallest absolute Gasteiger partial charge is 0.297 e. The van der Waals surface area contributed by atoms with Gasteiger partial charge in [0.2, 0.25) is 0 Å². The molecule has 0 spiro atoms. The first-order valence-electron chi connectivity index (χ1n) is 7.48. The number of hydrogen-bond acceptors (Lipinski definition) is 2. The Bertz CT molecular complexity index is 228. The highest BCUT2D eigenvalue weighted by atomic mass is 35.6. The molecule has 1 saturated heterocycles. The lowest BCUT2D eigenvalue weighted by atomic mass is 10.3. The Kier molecular flexibility index (Phi) is 7.81. The number of halogens is 2. The molecule has 0 unspecified atom stereocenters. The number of unbranched alkanes of at least 4 members (excludes halogenated alkanes) is 3. The SMILES string of the molecule is CCCCN1[SiH](Cl)N(CCCC)[Si]1(Cl)CCCC. The van der Waals surface area contributed by atoms with Crippen molar-refractivity contribution in [3.8, 4) is 0 Å². The largest absolute Gasteiger partial charge is 0.300 e. The van der Waals surface area contributed by atoms with E-state index in [-0.39, 0.29) is 0 Å². The summed E-state index contributed by atoms with van der Waals surface area (Å²) in [6, 6.07) is 1.19. The molecule has 0 aromatic rings. The van der Waals surface area contributed by atoms with Gasteiger partial charge in [-0.25, -0.2) is 0 Å². The quantitative estimate of drug-likeness (QED) is 0.464. The predicted molar refractivity (Wildman–Crippen MR) is 87.6 cm³/mol. The van der Waals surface area contributed by atoms with Crippen molar-refractivity contribution in [3.63, 3.8) is 0 Å². The fourth-order valence-electron chi connectivity index (χ4n) is 2.51. The van der Waals surface area contributed by atoms with Crippen LogP contribution in [0.3, 0.4) is 0 Å². The van der Waals surface area contributed by atoms with Crippen molar-refractivity contribution < 1.29 is 0 Å². The van der Waals surface area contributed by atoms with Crippen LogP contribution in [0.25, 0.3) is 0 Å². The molecule has 2 nitrogen and oxygen atoms in total. The highest BCUT2D eigenvalue weighted by Crippen LogP contribution is 2.40. The number of rotatable bonds is 9. The summed E-state index contributed by atoms with van der Waals surface area (Å²) in [5.41, 5.74) is 0. The van der Waals surface area contributed by atoms with Crippen molar-refractivity contribution in [2.24, 2.45) is 0 Å². The normalized spacial score (nSPS) is 29.5. The molecular formula is C12H28Cl2N2Si2. The van der Waals surface area contributed by atoms with E-state index in [1.165, 1.54) is 44.6 Å². The summed E-state index contributed by atoms with van der Waals surface area (Å²) in [7, 11) is -3.21. The standard InChI is InChI=1S/C12H28Cl2N2Si2/c1-4-7-10-15-17(13)16(11-8-5-2)18(15,14)12-9-6-3/h17H,4-12H2,1-3H3. The third-order valence-corrected chi connectivity index (χ3v) is 17.8. The van der Waals surface area contributed by atoms with E-state index in [4.69, 9.17) is 22.2 Å². The second kappa shape index (κ2) is 8.27. The first kappa shape index (κ1) is 17.0. The van der Waals surface area contributed by atoms with Crippen LogP contribution >= 0.6 is 22.2 Å². The van der Waals surface area contributed by atoms with E-state index in [1.54, 1.807) is 0 Å². The van der Waals surface area contributed by atoms with Gasteiger partial charge in [-0.2, -0.15) is 0 Å². The lowest BCUT2D eigenvalue weighted by Gasteiger charge is -2.59. The van der Waals surface area contributed by atoms with Crippen LogP contribution < -0.4 is 0 Å². The molecule has 1 fully saturated rings. The van der Waals surface area contributed by atoms with Gasteiger partial charge in [0.1, 0.15) is 0 Å². The van der Waals surface area contributed by atoms with E-state index in [0.717, 1.165) is 13.1 Å². The Labute approximate surface area is 125 Å². The summed E-state index contributed by atoms with van der Waals surface area (Å²) in [6.07, 6.45) is 7.44. The zero-order valence-corrected chi connectivity index (χ0v) is 15.8. The van der Waals surface area contributed by atoms with Crippen LogP contribution in [-0.2, 0) is 0 Å². The fraction of sp³-hybridized carbons (Fsp3) is 1.00. The molecule has 1 rings (SSSR count). The van der Waals surface area contributed by atoms with E-state index < -0.39 is 16.1 Å². The van der Waals surface area contributed by atoms with Crippen molar-refractivity contribution in [2.45, 2.75) is 65.3 Å². The van der Waals surface area contributed by atoms with Gasteiger partial charge in [0.15, 0.2) is 0 Å². The molecule has 0 atom stereocenters. The van der Waals surface area contributed by atoms with Gasteiger partial charge >= 0.3 is 0 Å². The van der Waals surface area contributed by atoms with Crippen LogP contribution in [0.1, 0.15) is 59.3 Å². The van der Waals surface area contributed by atoms with Crippen molar-refractivity contribution in [2.75, 3.05) is 13.1 Å². The van der Waals surface area contributed by atoms with Gasteiger partial charge in [0, 0.05) is 0 Å². The summed E-state index contributed by atoms with van der Waals surface area (Å²) in [6.45, 7) is 9.00. The van der Waals surface area contributed by atoms with Crippen LogP contribution in [0.15, 0.2) is 0 Å². The average molecular weight is 327 g/mol. The minimum Gasteiger partial charge on any atom is -0.300 e. The van der Waals surface area contributed by atoms with Gasteiger partial charge in [-0.3, -0.25) is 0 Å². The van der Waals surface area contributed by atoms with E-state index in [0.29, 0.717) is 0 Å². The van der Waals surface area contributed by atoms with Crippen LogP contribution in [0.2, 0.25) is 6.04 Å². The average Bonchev–Trinajstić information content (AvgIpc) is 2.37. The number of hydrogen-bond donors (Lipinski definition) is 0. The monoisotopic (exact) mass is 326 g/mol. The summed E-state index contributed by atoms with van der Waals surface area (Å²) in [5, 5.41) is 0. The molecular weight excluding hydrogens is 299 g/mol. The van der Waals surface area contributed by atoms with Crippen LogP contribution in [0, 0.1) is 0 Å². The zero-order valence-electron chi connectivity index (χ0n) is 12.1. The molecule has 18 heavy (non-hydrogen) atoms. The first-order valence-corrected chi connectivity index (χ1v) is 13.4. The molecule has 1 aliphatic rings. The molecule has 108 valence electrons.